The molecule has 0 saturated heterocycles. The first-order valence-corrected chi connectivity index (χ1v) is 6.32. The lowest BCUT2D eigenvalue weighted by Gasteiger charge is -2.08. The highest BCUT2D eigenvalue weighted by Gasteiger charge is 2.14. The highest BCUT2D eigenvalue weighted by Crippen LogP contribution is 2.21. The molecular weight excluding hydrogens is 276 g/mol. The summed E-state index contributed by atoms with van der Waals surface area (Å²) in [5.74, 6) is -2.41. The van der Waals surface area contributed by atoms with Gasteiger partial charge in [-0.1, -0.05) is 18.2 Å². The Labute approximate surface area is 119 Å². The van der Waals surface area contributed by atoms with Gasteiger partial charge in [-0.05, 0) is 24.3 Å². The van der Waals surface area contributed by atoms with Gasteiger partial charge in [0.15, 0.2) is 0 Å². The van der Waals surface area contributed by atoms with Crippen LogP contribution < -0.4 is 0 Å². The largest absolute Gasteiger partial charge is 0.478 e. The quantitative estimate of drug-likeness (QED) is 0.798. The van der Waals surface area contributed by atoms with Crippen molar-refractivity contribution in [2.75, 3.05) is 0 Å². The predicted octanol–water partition coefficient (Wildman–Crippen LogP) is 3.67. The third-order valence-electron chi connectivity index (χ3n) is 3.41. The molecule has 3 nitrogen and oxygen atoms in total. The van der Waals surface area contributed by atoms with Gasteiger partial charge in [0.05, 0.1) is 17.6 Å². The maximum Gasteiger partial charge on any atom is 0.338 e. The molecule has 106 valence electrons. The van der Waals surface area contributed by atoms with E-state index in [4.69, 9.17) is 5.11 Å². The minimum Gasteiger partial charge on any atom is -0.478 e. The van der Waals surface area contributed by atoms with E-state index in [0.29, 0.717) is 10.9 Å². The van der Waals surface area contributed by atoms with Crippen LogP contribution in [0.25, 0.3) is 10.9 Å². The van der Waals surface area contributed by atoms with Gasteiger partial charge in [0.25, 0.3) is 0 Å². The van der Waals surface area contributed by atoms with Crippen molar-refractivity contribution in [1.29, 1.82) is 0 Å². The van der Waals surface area contributed by atoms with Crippen molar-refractivity contribution in [3.8, 4) is 0 Å². The smallest absolute Gasteiger partial charge is 0.338 e. The first kappa shape index (κ1) is 13.3. The zero-order valence-corrected chi connectivity index (χ0v) is 10.9. The Morgan fingerprint density at radius 2 is 1.86 bits per heavy atom. The molecule has 0 amide bonds. The fourth-order valence-corrected chi connectivity index (χ4v) is 2.37. The number of halogens is 2. The van der Waals surface area contributed by atoms with E-state index in [1.54, 1.807) is 29.0 Å². The second-order valence-electron chi connectivity index (χ2n) is 4.70. The Bertz CT molecular complexity index is 839. The fraction of sp³-hybridized carbons (Fsp3) is 0.0625. The summed E-state index contributed by atoms with van der Waals surface area (Å²) in [4.78, 5) is 10.9. The topological polar surface area (TPSA) is 42.2 Å². The molecule has 3 aromatic rings. The Morgan fingerprint density at radius 3 is 2.62 bits per heavy atom. The predicted molar refractivity (Wildman–Crippen MR) is 74.4 cm³/mol. The van der Waals surface area contributed by atoms with Crippen LogP contribution in [0.3, 0.4) is 0 Å². The van der Waals surface area contributed by atoms with E-state index in [-0.39, 0.29) is 23.5 Å². The maximum absolute atomic E-state index is 14.1. The number of hydrogen-bond acceptors (Lipinski definition) is 1. The van der Waals surface area contributed by atoms with E-state index in [1.165, 1.54) is 24.3 Å². The van der Waals surface area contributed by atoms with Gasteiger partial charge < -0.3 is 9.67 Å². The van der Waals surface area contributed by atoms with Gasteiger partial charge in [0.1, 0.15) is 11.6 Å². The van der Waals surface area contributed by atoms with Crippen LogP contribution in [0.1, 0.15) is 15.9 Å². The van der Waals surface area contributed by atoms with Crippen molar-refractivity contribution in [2.24, 2.45) is 0 Å². The van der Waals surface area contributed by atoms with Crippen molar-refractivity contribution in [3.63, 3.8) is 0 Å². The van der Waals surface area contributed by atoms with Crippen molar-refractivity contribution < 1.29 is 18.7 Å². The molecule has 1 aromatic heterocycles. The molecule has 0 aliphatic heterocycles. The number of fused-ring (bicyclic) bond motifs is 1. The van der Waals surface area contributed by atoms with Crippen LogP contribution >= 0.6 is 0 Å². The average Bonchev–Trinajstić information content (AvgIpc) is 2.85. The first-order chi connectivity index (χ1) is 10.1. The van der Waals surface area contributed by atoms with Crippen molar-refractivity contribution >= 4 is 16.9 Å². The Balaban J connectivity index is 2.05. The number of rotatable bonds is 3. The summed E-state index contributed by atoms with van der Waals surface area (Å²) < 4.78 is 29.4. The molecule has 0 aliphatic carbocycles. The van der Waals surface area contributed by atoms with Crippen molar-refractivity contribution in [3.05, 3.63) is 71.4 Å². The molecule has 0 spiro atoms. The normalized spacial score (nSPS) is 11.0. The zero-order valence-electron chi connectivity index (χ0n) is 10.9. The van der Waals surface area contributed by atoms with Gasteiger partial charge in [-0.3, -0.25) is 0 Å². The van der Waals surface area contributed by atoms with Crippen LogP contribution in [0.4, 0.5) is 8.78 Å². The maximum atomic E-state index is 14.1. The number of aromatic nitrogens is 1. The molecule has 0 bridgehead atoms. The number of benzene rings is 2. The molecule has 3 rings (SSSR count). The van der Waals surface area contributed by atoms with E-state index in [1.807, 2.05) is 0 Å². The van der Waals surface area contributed by atoms with E-state index in [0.717, 1.165) is 0 Å². The molecular formula is C16H11F2NO2. The number of aromatic carboxylic acids is 1. The first-order valence-electron chi connectivity index (χ1n) is 6.32. The summed E-state index contributed by atoms with van der Waals surface area (Å²) in [6.07, 6.45) is 1.65. The van der Waals surface area contributed by atoms with E-state index >= 15 is 0 Å². The lowest BCUT2D eigenvalue weighted by atomic mass is 10.1. The Morgan fingerprint density at radius 1 is 1.10 bits per heavy atom. The average molecular weight is 287 g/mol. The molecule has 0 atom stereocenters. The van der Waals surface area contributed by atoms with Crippen LogP contribution in [0.5, 0.6) is 0 Å². The second-order valence-corrected chi connectivity index (χ2v) is 4.70. The third kappa shape index (κ3) is 2.27. The van der Waals surface area contributed by atoms with Crippen LogP contribution in [-0.2, 0) is 6.54 Å². The number of nitrogens with zero attached hydrogens (tertiary/aromatic N) is 1. The fourth-order valence-electron chi connectivity index (χ4n) is 2.37. The lowest BCUT2D eigenvalue weighted by Crippen LogP contribution is -2.06. The summed E-state index contributed by atoms with van der Waals surface area (Å²) in [5.41, 5.74) is 0.516. The third-order valence-corrected chi connectivity index (χ3v) is 3.41. The molecule has 0 aliphatic rings. The van der Waals surface area contributed by atoms with E-state index in [2.05, 4.69) is 0 Å². The molecule has 0 unspecified atom stereocenters. The molecule has 2 aromatic carbocycles. The van der Waals surface area contributed by atoms with E-state index < -0.39 is 11.8 Å². The standard InChI is InChI=1S/C16H11F2NO2/c17-13-5-2-6-14-11(13)7-8-19(14)9-10-3-1-4-12(15(10)18)16(20)21/h1-8H,9H2,(H,20,21). The van der Waals surface area contributed by atoms with Gasteiger partial charge in [0, 0.05) is 17.1 Å². The molecule has 1 heterocycles. The SMILES string of the molecule is O=C(O)c1cccc(Cn2ccc3c(F)cccc32)c1F. The van der Waals surface area contributed by atoms with Gasteiger partial charge >= 0.3 is 5.97 Å². The number of carboxylic acid groups (broad SMARTS) is 1. The minimum atomic E-state index is -1.31. The monoisotopic (exact) mass is 287 g/mol. The number of carbonyl (C=O) groups is 1. The summed E-state index contributed by atoms with van der Waals surface area (Å²) >= 11 is 0. The van der Waals surface area contributed by atoms with Crippen LogP contribution in [0.15, 0.2) is 48.7 Å². The van der Waals surface area contributed by atoms with Gasteiger partial charge in [0.2, 0.25) is 0 Å². The molecule has 0 saturated carbocycles. The molecule has 0 radical (unpaired) electrons. The minimum absolute atomic E-state index is 0.139. The summed E-state index contributed by atoms with van der Waals surface area (Å²) in [6.45, 7) is 0.139. The number of carboxylic acids is 1. The van der Waals surface area contributed by atoms with Crippen molar-refractivity contribution in [2.45, 2.75) is 6.54 Å². The zero-order chi connectivity index (χ0) is 15.0. The summed E-state index contributed by atoms with van der Waals surface area (Å²) in [5, 5.41) is 9.38. The highest BCUT2D eigenvalue weighted by atomic mass is 19.1. The molecule has 21 heavy (non-hydrogen) atoms. The number of hydrogen-bond donors (Lipinski definition) is 1. The van der Waals surface area contributed by atoms with Crippen molar-refractivity contribution in [1.82, 2.24) is 4.57 Å². The highest BCUT2D eigenvalue weighted by molar-refractivity contribution is 5.88. The van der Waals surface area contributed by atoms with E-state index in [9.17, 15) is 13.6 Å². The van der Waals surface area contributed by atoms with Gasteiger partial charge in [-0.15, -0.1) is 0 Å². The molecule has 5 heteroatoms. The Hall–Kier alpha value is -2.69. The van der Waals surface area contributed by atoms with Crippen LogP contribution in [0, 0.1) is 11.6 Å². The van der Waals surface area contributed by atoms with Crippen LogP contribution in [-0.4, -0.2) is 15.6 Å². The second kappa shape index (κ2) is 5.01. The molecule has 0 fully saturated rings. The summed E-state index contributed by atoms with van der Waals surface area (Å²) in [7, 11) is 0. The van der Waals surface area contributed by atoms with Gasteiger partial charge in [-0.2, -0.15) is 0 Å². The lowest BCUT2D eigenvalue weighted by molar-refractivity contribution is 0.0691. The summed E-state index contributed by atoms with van der Waals surface area (Å²) in [6, 6.07) is 10.5. The molecule has 1 N–H and O–H groups in total. The van der Waals surface area contributed by atoms with Crippen LogP contribution in [0.2, 0.25) is 0 Å². The Kier molecular flexibility index (Phi) is 3.17. The van der Waals surface area contributed by atoms with Gasteiger partial charge in [-0.25, -0.2) is 13.6 Å².